The number of nitrogens with one attached hydrogen (secondary N) is 1. The summed E-state index contributed by atoms with van der Waals surface area (Å²) < 4.78 is 1.87. The summed E-state index contributed by atoms with van der Waals surface area (Å²) in [5, 5.41) is 8.07. The maximum absolute atomic E-state index is 12.1. The molecule has 6 heteroatoms. The third-order valence-electron chi connectivity index (χ3n) is 4.01. The highest BCUT2D eigenvalue weighted by molar-refractivity contribution is 6.42. The first-order valence-corrected chi connectivity index (χ1v) is 8.28. The third-order valence-corrected chi connectivity index (χ3v) is 4.84. The van der Waals surface area contributed by atoms with Crippen LogP contribution in [0.1, 0.15) is 31.4 Å². The fourth-order valence-electron chi connectivity index (χ4n) is 2.50. The van der Waals surface area contributed by atoms with Crippen LogP contribution >= 0.6 is 23.2 Å². The van der Waals surface area contributed by atoms with Crippen LogP contribution < -0.4 is 5.32 Å². The summed E-state index contributed by atoms with van der Waals surface area (Å²) in [6.07, 6.45) is 7.24. The third kappa shape index (κ3) is 3.77. The van der Waals surface area contributed by atoms with Crippen LogP contribution in [0.3, 0.4) is 0 Å². The van der Waals surface area contributed by atoms with E-state index in [0.717, 1.165) is 0 Å². The molecule has 0 aliphatic heterocycles. The molecule has 2 aromatic rings. The average molecular weight is 350 g/mol. The van der Waals surface area contributed by atoms with Gasteiger partial charge in [0.1, 0.15) is 5.82 Å². The summed E-state index contributed by atoms with van der Waals surface area (Å²) in [6, 6.07) is 7.40. The van der Waals surface area contributed by atoms with E-state index in [1.165, 1.54) is 18.9 Å². The van der Waals surface area contributed by atoms with Gasteiger partial charge in [-0.05, 0) is 43.4 Å². The van der Waals surface area contributed by atoms with Gasteiger partial charge in [-0.25, -0.2) is 4.68 Å². The minimum absolute atomic E-state index is 0.231. The fraction of sp³-hybridized carbons (Fsp3) is 0.294. The first kappa shape index (κ1) is 16.1. The highest BCUT2D eigenvalue weighted by Crippen LogP contribution is 2.40. The zero-order chi connectivity index (χ0) is 16.4. The van der Waals surface area contributed by atoms with Crippen molar-refractivity contribution in [2.45, 2.75) is 25.8 Å². The smallest absolute Gasteiger partial charge is 0.249 e. The molecule has 0 saturated heterocycles. The van der Waals surface area contributed by atoms with Gasteiger partial charge in [0.25, 0.3) is 0 Å². The van der Waals surface area contributed by atoms with Gasteiger partial charge in [-0.15, -0.1) is 0 Å². The molecule has 4 nitrogen and oxygen atoms in total. The molecule has 0 spiro atoms. The normalized spacial score (nSPS) is 15.8. The van der Waals surface area contributed by atoms with Crippen molar-refractivity contribution < 1.29 is 4.79 Å². The van der Waals surface area contributed by atoms with Crippen LogP contribution in [0, 0.1) is 5.92 Å². The number of hydrogen-bond acceptors (Lipinski definition) is 2. The molecule has 1 N–H and O–H groups in total. The molecule has 1 saturated carbocycles. The molecule has 23 heavy (non-hydrogen) atoms. The van der Waals surface area contributed by atoms with E-state index < -0.39 is 0 Å². The number of aromatic nitrogens is 2. The Bertz CT molecular complexity index is 750. The van der Waals surface area contributed by atoms with Gasteiger partial charge in [-0.2, -0.15) is 5.10 Å². The van der Waals surface area contributed by atoms with Crippen molar-refractivity contribution in [3.8, 4) is 0 Å². The molecule has 120 valence electrons. The zero-order valence-corrected chi connectivity index (χ0v) is 14.2. The second kappa shape index (κ2) is 6.77. The van der Waals surface area contributed by atoms with Crippen LogP contribution in [0.4, 0.5) is 5.82 Å². The zero-order valence-electron chi connectivity index (χ0n) is 12.7. The fourth-order valence-corrected chi connectivity index (χ4v) is 2.87. The molecular weight excluding hydrogens is 333 g/mol. The van der Waals surface area contributed by atoms with Crippen LogP contribution in [0.5, 0.6) is 0 Å². The summed E-state index contributed by atoms with van der Waals surface area (Å²) in [5.41, 5.74) is 0.703. The number of carbonyl (C=O) groups is 1. The lowest BCUT2D eigenvalue weighted by molar-refractivity contribution is -0.111. The Kier molecular flexibility index (Phi) is 4.74. The van der Waals surface area contributed by atoms with Gasteiger partial charge < -0.3 is 5.32 Å². The van der Waals surface area contributed by atoms with Gasteiger partial charge >= 0.3 is 0 Å². The Morgan fingerprint density at radius 1 is 1.39 bits per heavy atom. The number of anilines is 1. The van der Waals surface area contributed by atoms with Gasteiger partial charge in [-0.1, -0.05) is 35.3 Å². The van der Waals surface area contributed by atoms with Crippen molar-refractivity contribution in [1.82, 2.24) is 9.78 Å². The van der Waals surface area contributed by atoms with Gasteiger partial charge in [0.05, 0.1) is 22.3 Å². The summed E-state index contributed by atoms with van der Waals surface area (Å²) in [6.45, 7) is 2.13. The van der Waals surface area contributed by atoms with Crippen molar-refractivity contribution in [1.29, 1.82) is 0 Å². The molecule has 0 radical (unpaired) electrons. The van der Waals surface area contributed by atoms with E-state index in [0.29, 0.717) is 33.4 Å². The number of carbonyl (C=O) groups excluding carboxylic acids is 1. The molecule has 3 rings (SSSR count). The van der Waals surface area contributed by atoms with E-state index >= 15 is 0 Å². The Hall–Kier alpha value is -1.78. The van der Waals surface area contributed by atoms with E-state index in [2.05, 4.69) is 17.3 Å². The molecule has 1 aliphatic rings. The molecule has 1 atom stereocenters. The van der Waals surface area contributed by atoms with Crippen LogP contribution in [-0.4, -0.2) is 15.7 Å². The Balaban J connectivity index is 1.69. The molecule has 1 fully saturated rings. The molecule has 1 aromatic carbocycles. The van der Waals surface area contributed by atoms with Crippen molar-refractivity contribution in [2.24, 2.45) is 5.92 Å². The quantitative estimate of drug-likeness (QED) is 0.787. The molecular formula is C17H17Cl2N3O. The summed E-state index contributed by atoms with van der Waals surface area (Å²) in [4.78, 5) is 12.1. The summed E-state index contributed by atoms with van der Waals surface area (Å²) in [5.74, 6) is 1.13. The SMILES string of the molecule is CC(C1CC1)n1nccc1NC(=O)/C=C/c1cccc(Cl)c1Cl. The lowest BCUT2D eigenvalue weighted by Gasteiger charge is -2.14. The largest absolute Gasteiger partial charge is 0.307 e. The van der Waals surface area contributed by atoms with Gasteiger partial charge in [0.2, 0.25) is 5.91 Å². The van der Waals surface area contributed by atoms with Crippen molar-refractivity contribution >= 4 is 41.0 Å². The molecule has 1 aliphatic carbocycles. The van der Waals surface area contributed by atoms with Crippen LogP contribution in [0.2, 0.25) is 10.0 Å². The Labute approximate surface area is 145 Å². The van der Waals surface area contributed by atoms with Gasteiger partial charge in [0, 0.05) is 12.1 Å². The predicted octanol–water partition coefficient (Wildman–Crippen LogP) is 4.81. The van der Waals surface area contributed by atoms with Gasteiger partial charge in [0.15, 0.2) is 0 Å². The van der Waals surface area contributed by atoms with Crippen molar-refractivity contribution in [2.75, 3.05) is 5.32 Å². The highest BCUT2D eigenvalue weighted by atomic mass is 35.5. The standard InChI is InChI=1S/C17H17Cl2N3O/c1-11(12-5-6-12)22-15(9-10-20-22)21-16(23)8-7-13-3-2-4-14(18)17(13)19/h2-4,7-12H,5-6H2,1H3,(H,21,23)/b8-7+. The van der Waals surface area contributed by atoms with E-state index in [1.807, 2.05) is 4.68 Å². The monoisotopic (exact) mass is 349 g/mol. The number of rotatable bonds is 5. The molecule has 0 bridgehead atoms. The Morgan fingerprint density at radius 3 is 2.91 bits per heavy atom. The Morgan fingerprint density at radius 2 is 2.17 bits per heavy atom. The van der Waals surface area contributed by atoms with E-state index in [4.69, 9.17) is 23.2 Å². The minimum atomic E-state index is -0.231. The minimum Gasteiger partial charge on any atom is -0.307 e. The van der Waals surface area contributed by atoms with Crippen molar-refractivity contribution in [3.63, 3.8) is 0 Å². The maximum atomic E-state index is 12.1. The summed E-state index contributed by atoms with van der Waals surface area (Å²) >= 11 is 12.1. The number of nitrogens with zero attached hydrogens (tertiary/aromatic N) is 2. The number of halogens is 2. The number of amides is 1. The predicted molar refractivity (Wildman–Crippen MR) is 93.8 cm³/mol. The van der Waals surface area contributed by atoms with Gasteiger partial charge in [-0.3, -0.25) is 4.79 Å². The molecule has 1 unspecified atom stereocenters. The van der Waals surface area contributed by atoms with E-state index in [-0.39, 0.29) is 5.91 Å². The maximum Gasteiger partial charge on any atom is 0.249 e. The number of benzene rings is 1. The first-order valence-electron chi connectivity index (χ1n) is 7.53. The highest BCUT2D eigenvalue weighted by Gasteiger charge is 2.30. The molecule has 1 aromatic heterocycles. The van der Waals surface area contributed by atoms with Crippen LogP contribution in [0.25, 0.3) is 6.08 Å². The van der Waals surface area contributed by atoms with E-state index in [9.17, 15) is 4.79 Å². The van der Waals surface area contributed by atoms with Crippen molar-refractivity contribution in [3.05, 3.63) is 52.1 Å². The van der Waals surface area contributed by atoms with E-state index in [1.54, 1.807) is 36.5 Å². The van der Waals surface area contributed by atoms with Crippen LogP contribution in [-0.2, 0) is 4.79 Å². The summed E-state index contributed by atoms with van der Waals surface area (Å²) in [7, 11) is 0. The molecule has 1 heterocycles. The molecule has 1 amide bonds. The number of hydrogen-bond donors (Lipinski definition) is 1. The lowest BCUT2D eigenvalue weighted by atomic mass is 10.2. The van der Waals surface area contributed by atoms with Crippen LogP contribution in [0.15, 0.2) is 36.5 Å². The second-order valence-corrected chi connectivity index (χ2v) is 6.49. The first-order chi connectivity index (χ1) is 11.1. The average Bonchev–Trinajstić information content (AvgIpc) is 3.28. The topological polar surface area (TPSA) is 46.9 Å². The lowest BCUT2D eigenvalue weighted by Crippen LogP contribution is -2.16. The second-order valence-electron chi connectivity index (χ2n) is 5.70.